The summed E-state index contributed by atoms with van der Waals surface area (Å²) in [7, 11) is -2.87. The predicted molar refractivity (Wildman–Crippen MR) is 133 cm³/mol. The summed E-state index contributed by atoms with van der Waals surface area (Å²) in [5, 5.41) is 4.23. The molecule has 1 atom stereocenters. The van der Waals surface area contributed by atoms with Crippen molar-refractivity contribution < 1.29 is 18.4 Å². The highest BCUT2D eigenvalue weighted by molar-refractivity contribution is 7.32. The lowest BCUT2D eigenvalue weighted by Gasteiger charge is -2.13. The number of benzene rings is 2. The highest BCUT2D eigenvalue weighted by Crippen LogP contribution is 2.32. The Hall–Kier alpha value is -2.11. The van der Waals surface area contributed by atoms with Gasteiger partial charge in [-0.05, 0) is 54.6 Å². The molecule has 33 heavy (non-hydrogen) atoms. The van der Waals surface area contributed by atoms with Gasteiger partial charge < -0.3 is 14.7 Å². The SMILES string of the molecule is CCCCCCCc1ccc(-c2ccc(CNCCCO[PH](=O)O)c3ncccc23)c(F)c1. The predicted octanol–water partition coefficient (Wildman–Crippen LogP) is 6.43. The molecule has 1 heterocycles. The Kier molecular flexibility index (Phi) is 10.5. The van der Waals surface area contributed by atoms with E-state index in [9.17, 15) is 4.57 Å². The molecule has 1 aromatic heterocycles. The van der Waals surface area contributed by atoms with E-state index in [2.05, 4.69) is 17.2 Å². The van der Waals surface area contributed by atoms with Crippen molar-refractivity contribution >= 4 is 19.2 Å². The Bertz CT molecular complexity index is 1060. The number of aryl methyl sites for hydroxylation is 1. The summed E-state index contributed by atoms with van der Waals surface area (Å²) in [6, 6.07) is 13.4. The summed E-state index contributed by atoms with van der Waals surface area (Å²) in [5.41, 5.74) is 4.36. The minimum atomic E-state index is -2.87. The molecule has 0 amide bonds. The first-order valence-corrected chi connectivity index (χ1v) is 13.1. The lowest BCUT2D eigenvalue weighted by molar-refractivity contribution is 0.276. The van der Waals surface area contributed by atoms with E-state index in [4.69, 9.17) is 9.42 Å². The normalized spacial score (nSPS) is 12.3. The minimum absolute atomic E-state index is 0.194. The van der Waals surface area contributed by atoms with Gasteiger partial charge in [0.15, 0.2) is 0 Å². The molecule has 2 N–H and O–H groups in total. The Labute approximate surface area is 196 Å². The second-order valence-electron chi connectivity index (χ2n) is 8.29. The zero-order chi connectivity index (χ0) is 23.5. The van der Waals surface area contributed by atoms with Crippen molar-refractivity contribution in [1.82, 2.24) is 10.3 Å². The largest absolute Gasteiger partial charge is 0.326 e. The molecule has 0 bridgehead atoms. The topological polar surface area (TPSA) is 71.5 Å². The molecule has 178 valence electrons. The van der Waals surface area contributed by atoms with E-state index in [0.717, 1.165) is 40.4 Å². The number of unbranched alkanes of at least 4 members (excludes halogenated alkanes) is 4. The molecule has 0 saturated heterocycles. The van der Waals surface area contributed by atoms with Crippen LogP contribution in [-0.4, -0.2) is 23.0 Å². The van der Waals surface area contributed by atoms with E-state index >= 15 is 4.39 Å². The molecule has 2 aromatic carbocycles. The van der Waals surface area contributed by atoms with Gasteiger partial charge in [-0.15, -0.1) is 0 Å². The zero-order valence-electron chi connectivity index (χ0n) is 19.3. The van der Waals surface area contributed by atoms with Crippen molar-refractivity contribution in [3.05, 3.63) is 65.6 Å². The highest BCUT2D eigenvalue weighted by Gasteiger charge is 2.13. The maximum absolute atomic E-state index is 15.1. The number of fused-ring (bicyclic) bond motifs is 1. The standard InChI is InChI=1S/C26H34FN2O3P/c1-2-3-4-5-6-9-20-11-13-23(25(27)18-20)22-14-12-21(26-24(22)10-7-16-29-26)19-28-15-8-17-32-33(30)31/h7,10-14,16,18,28,33H,2-6,8-9,15,17,19H2,1H3,(H,30,31). The Morgan fingerprint density at radius 3 is 2.67 bits per heavy atom. The van der Waals surface area contributed by atoms with Crippen LogP contribution in [0.4, 0.5) is 4.39 Å². The lowest BCUT2D eigenvalue weighted by Crippen LogP contribution is -2.16. The van der Waals surface area contributed by atoms with E-state index in [0.29, 0.717) is 25.1 Å². The molecule has 0 aliphatic heterocycles. The molecule has 3 rings (SSSR count). The van der Waals surface area contributed by atoms with Crippen molar-refractivity contribution in [1.29, 1.82) is 0 Å². The van der Waals surface area contributed by atoms with Crippen molar-refractivity contribution in [3.8, 4) is 11.1 Å². The molecule has 7 heteroatoms. The van der Waals surface area contributed by atoms with E-state index in [1.54, 1.807) is 12.3 Å². The van der Waals surface area contributed by atoms with Crippen LogP contribution in [0.5, 0.6) is 0 Å². The van der Waals surface area contributed by atoms with Crippen LogP contribution in [-0.2, 0) is 22.1 Å². The molecular weight excluding hydrogens is 438 g/mol. The Morgan fingerprint density at radius 2 is 1.88 bits per heavy atom. The molecule has 0 saturated carbocycles. The summed E-state index contributed by atoms with van der Waals surface area (Å²) in [5.74, 6) is -0.194. The molecule has 0 aliphatic rings. The van der Waals surface area contributed by atoms with Gasteiger partial charge in [0.05, 0.1) is 12.1 Å². The van der Waals surface area contributed by atoms with Gasteiger partial charge in [-0.1, -0.05) is 62.9 Å². The second kappa shape index (κ2) is 13.6. The van der Waals surface area contributed by atoms with Crippen molar-refractivity contribution in [2.24, 2.45) is 0 Å². The Balaban J connectivity index is 1.70. The average Bonchev–Trinajstić information content (AvgIpc) is 2.81. The number of hydrogen-bond acceptors (Lipinski definition) is 4. The van der Waals surface area contributed by atoms with Crippen molar-refractivity contribution in [3.63, 3.8) is 0 Å². The fourth-order valence-corrected chi connectivity index (χ4v) is 4.37. The molecular formula is C26H34FN2O3P. The van der Waals surface area contributed by atoms with Crippen LogP contribution in [0, 0.1) is 5.82 Å². The smallest absolute Gasteiger partial charge is 0.316 e. The first-order valence-electron chi connectivity index (χ1n) is 11.8. The van der Waals surface area contributed by atoms with Gasteiger partial charge >= 0.3 is 8.25 Å². The lowest BCUT2D eigenvalue weighted by atomic mass is 9.95. The number of nitrogens with zero attached hydrogens (tertiary/aromatic N) is 1. The van der Waals surface area contributed by atoms with E-state index in [1.165, 1.54) is 25.7 Å². The van der Waals surface area contributed by atoms with E-state index < -0.39 is 8.25 Å². The number of pyridine rings is 1. The van der Waals surface area contributed by atoms with Gasteiger partial charge in [-0.25, -0.2) is 4.39 Å². The van der Waals surface area contributed by atoms with Gasteiger partial charge in [-0.2, -0.15) is 0 Å². The van der Waals surface area contributed by atoms with E-state index in [-0.39, 0.29) is 12.4 Å². The Morgan fingerprint density at radius 1 is 1.06 bits per heavy atom. The number of aromatic nitrogens is 1. The first-order chi connectivity index (χ1) is 16.1. The average molecular weight is 473 g/mol. The zero-order valence-corrected chi connectivity index (χ0v) is 20.3. The number of rotatable bonds is 14. The summed E-state index contributed by atoms with van der Waals surface area (Å²) in [6.45, 7) is 3.70. The molecule has 0 radical (unpaired) electrons. The molecule has 0 fully saturated rings. The number of nitrogens with one attached hydrogen (secondary N) is 1. The van der Waals surface area contributed by atoms with Gasteiger partial charge in [0, 0.05) is 23.7 Å². The molecule has 0 aliphatic carbocycles. The molecule has 0 spiro atoms. The number of halogens is 1. The van der Waals surface area contributed by atoms with Gasteiger partial charge in [0.2, 0.25) is 0 Å². The third-order valence-electron chi connectivity index (χ3n) is 5.78. The number of hydrogen-bond donors (Lipinski definition) is 2. The molecule has 5 nitrogen and oxygen atoms in total. The minimum Gasteiger partial charge on any atom is -0.326 e. The van der Waals surface area contributed by atoms with Crippen molar-refractivity contribution in [2.75, 3.05) is 13.2 Å². The third kappa shape index (κ3) is 7.72. The summed E-state index contributed by atoms with van der Waals surface area (Å²) in [4.78, 5) is 13.3. The maximum atomic E-state index is 15.1. The van der Waals surface area contributed by atoms with Crippen LogP contribution in [0.3, 0.4) is 0 Å². The van der Waals surface area contributed by atoms with Crippen LogP contribution < -0.4 is 5.32 Å². The van der Waals surface area contributed by atoms with Gasteiger partial charge in [0.1, 0.15) is 5.82 Å². The third-order valence-corrected chi connectivity index (χ3v) is 6.24. The van der Waals surface area contributed by atoms with Gasteiger partial charge in [0.25, 0.3) is 0 Å². The van der Waals surface area contributed by atoms with Crippen molar-refractivity contribution in [2.45, 2.75) is 58.4 Å². The molecule has 3 aromatic rings. The van der Waals surface area contributed by atoms with E-state index in [1.807, 2.05) is 36.4 Å². The van der Waals surface area contributed by atoms with Crippen LogP contribution >= 0.6 is 8.25 Å². The summed E-state index contributed by atoms with van der Waals surface area (Å²) < 4.78 is 30.4. The van der Waals surface area contributed by atoms with Crippen LogP contribution in [0.2, 0.25) is 0 Å². The summed E-state index contributed by atoms with van der Waals surface area (Å²) in [6.07, 6.45) is 9.32. The van der Waals surface area contributed by atoms with Crippen LogP contribution in [0.15, 0.2) is 48.7 Å². The van der Waals surface area contributed by atoms with Gasteiger partial charge in [-0.3, -0.25) is 9.55 Å². The fourth-order valence-electron chi connectivity index (χ4n) is 4.05. The monoisotopic (exact) mass is 472 g/mol. The highest BCUT2D eigenvalue weighted by atomic mass is 31.1. The van der Waals surface area contributed by atoms with Crippen LogP contribution in [0.1, 0.15) is 56.6 Å². The first kappa shape index (κ1) is 25.5. The summed E-state index contributed by atoms with van der Waals surface area (Å²) >= 11 is 0. The molecule has 1 unspecified atom stereocenters. The van der Waals surface area contributed by atoms with Crippen LogP contribution in [0.25, 0.3) is 22.0 Å². The fraction of sp³-hybridized carbons (Fsp3) is 0.423. The second-order valence-corrected chi connectivity index (χ2v) is 9.12. The maximum Gasteiger partial charge on any atom is 0.316 e. The quantitative estimate of drug-likeness (QED) is 0.209.